The SMILES string of the molecule is CCOc1ccc(CCC(=O)N2CCC(N3CCNCC3)C2)cc1. The molecule has 2 aliphatic rings. The number of nitrogens with zero attached hydrogens (tertiary/aromatic N) is 2. The van der Waals surface area contributed by atoms with Crippen LogP contribution in [0.2, 0.25) is 0 Å². The number of rotatable bonds is 6. The summed E-state index contributed by atoms with van der Waals surface area (Å²) in [5.74, 6) is 1.19. The molecule has 2 fully saturated rings. The van der Waals surface area contributed by atoms with Crippen molar-refractivity contribution in [1.82, 2.24) is 15.1 Å². The summed E-state index contributed by atoms with van der Waals surface area (Å²) in [5, 5.41) is 3.39. The average Bonchev–Trinajstić information content (AvgIpc) is 3.12. The van der Waals surface area contributed by atoms with Crippen molar-refractivity contribution in [2.24, 2.45) is 0 Å². The zero-order valence-corrected chi connectivity index (χ0v) is 14.7. The molecule has 0 aromatic heterocycles. The first kappa shape index (κ1) is 17.2. The van der Waals surface area contributed by atoms with Crippen molar-refractivity contribution >= 4 is 5.91 Å². The van der Waals surface area contributed by atoms with Crippen molar-refractivity contribution < 1.29 is 9.53 Å². The highest BCUT2D eigenvalue weighted by Gasteiger charge is 2.30. The van der Waals surface area contributed by atoms with Crippen LogP contribution in [0.25, 0.3) is 0 Å². The van der Waals surface area contributed by atoms with Crippen LogP contribution in [-0.2, 0) is 11.2 Å². The van der Waals surface area contributed by atoms with Gasteiger partial charge in [0.25, 0.3) is 0 Å². The molecule has 1 unspecified atom stereocenters. The number of carbonyl (C=O) groups excluding carboxylic acids is 1. The first-order chi connectivity index (χ1) is 11.8. The van der Waals surface area contributed by atoms with E-state index in [4.69, 9.17) is 4.74 Å². The third-order valence-electron chi connectivity index (χ3n) is 5.05. The van der Waals surface area contributed by atoms with Gasteiger partial charge in [-0.2, -0.15) is 0 Å². The Balaban J connectivity index is 1.43. The van der Waals surface area contributed by atoms with Crippen molar-refractivity contribution in [3.05, 3.63) is 29.8 Å². The average molecular weight is 331 g/mol. The summed E-state index contributed by atoms with van der Waals surface area (Å²) in [6.07, 6.45) is 2.52. The minimum absolute atomic E-state index is 0.293. The summed E-state index contributed by atoms with van der Waals surface area (Å²) < 4.78 is 5.45. The number of carbonyl (C=O) groups is 1. The van der Waals surface area contributed by atoms with Crippen molar-refractivity contribution in [3.63, 3.8) is 0 Å². The molecule has 0 aliphatic carbocycles. The van der Waals surface area contributed by atoms with E-state index in [9.17, 15) is 4.79 Å². The number of piperazine rings is 1. The summed E-state index contributed by atoms with van der Waals surface area (Å²) in [7, 11) is 0. The molecule has 1 N–H and O–H groups in total. The summed E-state index contributed by atoms with van der Waals surface area (Å²) in [4.78, 5) is 17.1. The van der Waals surface area contributed by atoms with Gasteiger partial charge in [0.1, 0.15) is 5.75 Å². The Morgan fingerprint density at radius 2 is 1.96 bits per heavy atom. The third-order valence-corrected chi connectivity index (χ3v) is 5.05. The van der Waals surface area contributed by atoms with Gasteiger partial charge in [-0.05, 0) is 37.5 Å². The predicted molar refractivity (Wildman–Crippen MR) is 95.4 cm³/mol. The highest BCUT2D eigenvalue weighted by molar-refractivity contribution is 5.76. The fourth-order valence-corrected chi connectivity index (χ4v) is 3.64. The second-order valence-corrected chi connectivity index (χ2v) is 6.65. The first-order valence-electron chi connectivity index (χ1n) is 9.20. The summed E-state index contributed by atoms with van der Waals surface area (Å²) in [6.45, 7) is 8.85. The maximum atomic E-state index is 12.5. The molecular weight excluding hydrogens is 302 g/mol. The molecule has 0 spiro atoms. The number of likely N-dealkylation sites (tertiary alicyclic amines) is 1. The number of hydrogen-bond donors (Lipinski definition) is 1. The van der Waals surface area contributed by atoms with Crippen LogP contribution in [0.1, 0.15) is 25.3 Å². The van der Waals surface area contributed by atoms with Gasteiger partial charge in [-0.1, -0.05) is 12.1 Å². The van der Waals surface area contributed by atoms with Gasteiger partial charge in [-0.3, -0.25) is 9.69 Å². The highest BCUT2D eigenvalue weighted by Crippen LogP contribution is 2.18. The summed E-state index contributed by atoms with van der Waals surface area (Å²) in [6, 6.07) is 8.65. The van der Waals surface area contributed by atoms with Crippen LogP contribution >= 0.6 is 0 Å². The van der Waals surface area contributed by atoms with Gasteiger partial charge in [0.05, 0.1) is 6.61 Å². The fourth-order valence-electron chi connectivity index (χ4n) is 3.64. The Morgan fingerprint density at radius 1 is 1.21 bits per heavy atom. The molecule has 1 atom stereocenters. The Labute approximate surface area is 145 Å². The van der Waals surface area contributed by atoms with Crippen molar-refractivity contribution in [1.29, 1.82) is 0 Å². The topological polar surface area (TPSA) is 44.8 Å². The number of hydrogen-bond acceptors (Lipinski definition) is 4. The van der Waals surface area contributed by atoms with Crippen LogP contribution in [0.5, 0.6) is 5.75 Å². The molecule has 1 aromatic rings. The van der Waals surface area contributed by atoms with Crippen LogP contribution in [-0.4, -0.2) is 67.6 Å². The molecule has 132 valence electrons. The fraction of sp³-hybridized carbons (Fsp3) is 0.632. The lowest BCUT2D eigenvalue weighted by Crippen LogP contribution is -2.49. The van der Waals surface area contributed by atoms with Crippen LogP contribution in [0.4, 0.5) is 0 Å². The maximum Gasteiger partial charge on any atom is 0.222 e. The van der Waals surface area contributed by atoms with Gasteiger partial charge < -0.3 is 15.0 Å². The molecule has 0 bridgehead atoms. The minimum atomic E-state index is 0.293. The highest BCUT2D eigenvalue weighted by atomic mass is 16.5. The number of nitrogens with one attached hydrogen (secondary N) is 1. The van der Waals surface area contributed by atoms with E-state index in [0.717, 1.165) is 57.9 Å². The van der Waals surface area contributed by atoms with E-state index in [1.807, 2.05) is 19.1 Å². The van der Waals surface area contributed by atoms with E-state index in [1.165, 1.54) is 5.56 Å². The van der Waals surface area contributed by atoms with Gasteiger partial charge in [0.2, 0.25) is 5.91 Å². The van der Waals surface area contributed by atoms with Crippen molar-refractivity contribution in [2.75, 3.05) is 45.9 Å². The van der Waals surface area contributed by atoms with E-state index < -0.39 is 0 Å². The number of aryl methyl sites for hydroxylation is 1. The molecule has 2 aliphatic heterocycles. The van der Waals surface area contributed by atoms with E-state index in [2.05, 4.69) is 27.2 Å². The van der Waals surface area contributed by atoms with Gasteiger partial charge in [-0.25, -0.2) is 0 Å². The monoisotopic (exact) mass is 331 g/mol. The Kier molecular flexibility index (Phi) is 6.10. The zero-order valence-electron chi connectivity index (χ0n) is 14.7. The lowest BCUT2D eigenvalue weighted by Gasteiger charge is -2.32. The predicted octanol–water partition coefficient (Wildman–Crippen LogP) is 1.52. The standard InChI is InChI=1S/C19H29N3O2/c1-2-24-18-6-3-16(4-7-18)5-8-19(23)22-12-9-17(15-22)21-13-10-20-11-14-21/h3-4,6-7,17,20H,2,5,8-15H2,1H3. The van der Waals surface area contributed by atoms with E-state index in [1.54, 1.807) is 0 Å². The van der Waals surface area contributed by atoms with Crippen LogP contribution in [0.15, 0.2) is 24.3 Å². The Morgan fingerprint density at radius 3 is 2.67 bits per heavy atom. The van der Waals surface area contributed by atoms with Crippen LogP contribution < -0.4 is 10.1 Å². The smallest absolute Gasteiger partial charge is 0.222 e. The van der Waals surface area contributed by atoms with E-state index in [-0.39, 0.29) is 0 Å². The van der Waals surface area contributed by atoms with Crippen LogP contribution in [0, 0.1) is 0 Å². The summed E-state index contributed by atoms with van der Waals surface area (Å²) in [5.41, 5.74) is 1.20. The molecule has 5 heteroatoms. The lowest BCUT2D eigenvalue weighted by atomic mass is 10.1. The molecule has 0 saturated carbocycles. The van der Waals surface area contributed by atoms with Gasteiger partial charge >= 0.3 is 0 Å². The molecule has 5 nitrogen and oxygen atoms in total. The normalized spacial score (nSPS) is 21.9. The molecule has 1 aromatic carbocycles. The second-order valence-electron chi connectivity index (χ2n) is 6.65. The van der Waals surface area contributed by atoms with Crippen molar-refractivity contribution in [3.8, 4) is 5.75 Å². The number of amides is 1. The van der Waals surface area contributed by atoms with Gasteiger partial charge in [0.15, 0.2) is 0 Å². The van der Waals surface area contributed by atoms with Gasteiger partial charge in [-0.15, -0.1) is 0 Å². The number of benzene rings is 1. The van der Waals surface area contributed by atoms with Crippen molar-refractivity contribution in [2.45, 2.75) is 32.2 Å². The second kappa shape index (κ2) is 8.49. The molecule has 2 saturated heterocycles. The molecule has 3 rings (SSSR count). The van der Waals surface area contributed by atoms with Crippen LogP contribution in [0.3, 0.4) is 0 Å². The Hall–Kier alpha value is -1.59. The zero-order chi connectivity index (χ0) is 16.8. The van der Waals surface area contributed by atoms with E-state index in [0.29, 0.717) is 25.0 Å². The third kappa shape index (κ3) is 4.48. The largest absolute Gasteiger partial charge is 0.494 e. The lowest BCUT2D eigenvalue weighted by molar-refractivity contribution is -0.130. The first-order valence-corrected chi connectivity index (χ1v) is 9.20. The maximum absolute atomic E-state index is 12.5. The summed E-state index contributed by atoms with van der Waals surface area (Å²) >= 11 is 0. The molecule has 2 heterocycles. The van der Waals surface area contributed by atoms with E-state index >= 15 is 0 Å². The Bertz CT molecular complexity index is 526. The molecular formula is C19H29N3O2. The van der Waals surface area contributed by atoms with Gasteiger partial charge in [0, 0.05) is 51.7 Å². The molecule has 1 amide bonds. The quantitative estimate of drug-likeness (QED) is 0.858. The minimum Gasteiger partial charge on any atom is -0.494 e. The number of ether oxygens (including phenoxy) is 1. The molecule has 24 heavy (non-hydrogen) atoms. The molecule has 0 radical (unpaired) electrons.